The zero-order valence-corrected chi connectivity index (χ0v) is 16.8. The van der Waals surface area contributed by atoms with Crippen molar-refractivity contribution in [1.82, 2.24) is 4.72 Å². The number of halogens is 2. The molecule has 2 N–H and O–H groups in total. The molecule has 0 saturated heterocycles. The first-order chi connectivity index (χ1) is 12.6. The van der Waals surface area contributed by atoms with Crippen LogP contribution in [-0.4, -0.2) is 33.9 Å². The van der Waals surface area contributed by atoms with E-state index >= 15 is 0 Å². The molecule has 10 heteroatoms. The summed E-state index contributed by atoms with van der Waals surface area (Å²) in [6.45, 7) is 1.22. The van der Waals surface area contributed by atoms with Crippen LogP contribution in [0.5, 0.6) is 0 Å². The van der Waals surface area contributed by atoms with Crippen molar-refractivity contribution in [1.29, 1.82) is 0 Å². The average molecular weight is 459 g/mol. The van der Waals surface area contributed by atoms with Crippen molar-refractivity contribution in [3.8, 4) is 0 Å². The van der Waals surface area contributed by atoms with Gasteiger partial charge in [0, 0.05) is 4.47 Å². The standard InChI is InChI=1S/C17H16BrFN2O5S/c1-10-3-6-15(13(18)7-10)21-16(22)9-26-17(23)12-8-11(4-5-14(12)19)27(24,25)20-2/h3-8,20H,9H2,1-2H3,(H,21,22). The van der Waals surface area contributed by atoms with Crippen molar-refractivity contribution >= 4 is 43.5 Å². The Morgan fingerprint density at radius 3 is 2.52 bits per heavy atom. The number of sulfonamides is 1. The molecule has 27 heavy (non-hydrogen) atoms. The minimum Gasteiger partial charge on any atom is -0.452 e. The normalized spacial score (nSPS) is 11.1. The number of hydrogen-bond acceptors (Lipinski definition) is 5. The predicted octanol–water partition coefficient (Wildman–Crippen LogP) is 2.60. The Bertz CT molecular complexity index is 995. The maximum atomic E-state index is 13.9. The van der Waals surface area contributed by atoms with Crippen molar-refractivity contribution in [2.45, 2.75) is 11.8 Å². The summed E-state index contributed by atoms with van der Waals surface area (Å²) in [4.78, 5) is 23.7. The van der Waals surface area contributed by atoms with Crippen LogP contribution in [0.3, 0.4) is 0 Å². The molecule has 7 nitrogen and oxygen atoms in total. The van der Waals surface area contributed by atoms with Gasteiger partial charge >= 0.3 is 5.97 Å². The number of carbonyl (C=O) groups excluding carboxylic acids is 2. The molecule has 0 radical (unpaired) electrons. The van der Waals surface area contributed by atoms with Gasteiger partial charge in [-0.25, -0.2) is 22.3 Å². The van der Waals surface area contributed by atoms with Crippen molar-refractivity contribution in [2.75, 3.05) is 19.0 Å². The van der Waals surface area contributed by atoms with Crippen molar-refractivity contribution in [3.63, 3.8) is 0 Å². The lowest BCUT2D eigenvalue weighted by molar-refractivity contribution is -0.119. The van der Waals surface area contributed by atoms with E-state index in [0.717, 1.165) is 23.8 Å². The first kappa shape index (κ1) is 21.0. The molecule has 0 heterocycles. The number of amides is 1. The first-order valence-electron chi connectivity index (χ1n) is 7.60. The van der Waals surface area contributed by atoms with Crippen LogP contribution in [0.25, 0.3) is 0 Å². The predicted molar refractivity (Wildman–Crippen MR) is 100 cm³/mol. The molecule has 0 spiro atoms. The highest BCUT2D eigenvalue weighted by molar-refractivity contribution is 9.10. The highest BCUT2D eigenvalue weighted by atomic mass is 79.9. The number of carbonyl (C=O) groups is 2. The van der Waals surface area contributed by atoms with Crippen molar-refractivity contribution in [2.24, 2.45) is 0 Å². The molecule has 0 unspecified atom stereocenters. The summed E-state index contributed by atoms with van der Waals surface area (Å²) < 4.78 is 44.9. The Kier molecular flexibility index (Phi) is 6.68. The van der Waals surface area contributed by atoms with Crippen LogP contribution in [0.2, 0.25) is 0 Å². The van der Waals surface area contributed by atoms with Gasteiger partial charge in [-0.1, -0.05) is 6.07 Å². The molecule has 2 aromatic carbocycles. The highest BCUT2D eigenvalue weighted by Crippen LogP contribution is 2.23. The lowest BCUT2D eigenvalue weighted by Gasteiger charge is -2.10. The second kappa shape index (κ2) is 8.59. The smallest absolute Gasteiger partial charge is 0.341 e. The molecule has 2 rings (SSSR count). The molecule has 0 aromatic heterocycles. The third kappa shape index (κ3) is 5.34. The van der Waals surface area contributed by atoms with E-state index in [2.05, 4.69) is 26.0 Å². The van der Waals surface area contributed by atoms with E-state index in [1.807, 2.05) is 6.92 Å². The van der Waals surface area contributed by atoms with Crippen LogP contribution in [-0.2, 0) is 19.6 Å². The summed E-state index contributed by atoms with van der Waals surface area (Å²) in [5.41, 5.74) is 0.878. The van der Waals surface area contributed by atoms with Gasteiger partial charge in [-0.05, 0) is 65.8 Å². The Labute approximate surface area is 164 Å². The van der Waals surface area contributed by atoms with Crippen molar-refractivity contribution in [3.05, 3.63) is 57.8 Å². The number of rotatable bonds is 6. The third-order valence-corrected chi connectivity index (χ3v) is 5.54. The molecule has 0 atom stereocenters. The van der Waals surface area contributed by atoms with E-state index in [1.54, 1.807) is 18.2 Å². The average Bonchev–Trinajstić information content (AvgIpc) is 2.62. The molecule has 2 aromatic rings. The molecular weight excluding hydrogens is 443 g/mol. The summed E-state index contributed by atoms with van der Waals surface area (Å²) >= 11 is 3.30. The maximum Gasteiger partial charge on any atom is 0.341 e. The van der Waals surface area contributed by atoms with Crippen LogP contribution in [0.4, 0.5) is 10.1 Å². The van der Waals surface area contributed by atoms with E-state index in [-0.39, 0.29) is 4.90 Å². The molecule has 1 amide bonds. The molecule has 0 fully saturated rings. The minimum absolute atomic E-state index is 0.300. The zero-order chi connectivity index (χ0) is 20.2. The van der Waals surface area contributed by atoms with Crippen molar-refractivity contribution < 1.29 is 27.1 Å². The number of ether oxygens (including phenoxy) is 1. The second-order valence-electron chi connectivity index (χ2n) is 5.46. The van der Waals surface area contributed by atoms with Gasteiger partial charge in [0.15, 0.2) is 6.61 Å². The zero-order valence-electron chi connectivity index (χ0n) is 14.4. The van der Waals surface area contributed by atoms with Crippen LogP contribution >= 0.6 is 15.9 Å². The van der Waals surface area contributed by atoms with Gasteiger partial charge in [0.2, 0.25) is 10.0 Å². The van der Waals surface area contributed by atoms with Gasteiger partial charge in [0.05, 0.1) is 16.1 Å². The number of hydrogen-bond donors (Lipinski definition) is 2. The van der Waals surface area contributed by atoms with Crippen LogP contribution < -0.4 is 10.0 Å². The Balaban J connectivity index is 2.07. The summed E-state index contributed by atoms with van der Waals surface area (Å²) in [5.74, 6) is -2.75. The van der Waals surface area contributed by atoms with Gasteiger partial charge in [0.25, 0.3) is 5.91 Å². The maximum absolute atomic E-state index is 13.9. The van der Waals surface area contributed by atoms with Gasteiger partial charge in [-0.3, -0.25) is 4.79 Å². The number of esters is 1. The molecule has 0 aliphatic heterocycles. The Morgan fingerprint density at radius 2 is 1.89 bits per heavy atom. The molecular formula is C17H16BrFN2O5S. The SMILES string of the molecule is CNS(=O)(=O)c1ccc(F)c(C(=O)OCC(=O)Nc2ccc(C)cc2Br)c1. The largest absolute Gasteiger partial charge is 0.452 e. The van der Waals surface area contributed by atoms with Gasteiger partial charge in [-0.15, -0.1) is 0 Å². The van der Waals surface area contributed by atoms with Gasteiger partial charge in [0.1, 0.15) is 5.82 Å². The summed E-state index contributed by atoms with van der Waals surface area (Å²) in [6, 6.07) is 7.95. The van der Waals surface area contributed by atoms with E-state index in [9.17, 15) is 22.4 Å². The second-order valence-corrected chi connectivity index (χ2v) is 8.20. The Hall–Kier alpha value is -2.30. The highest BCUT2D eigenvalue weighted by Gasteiger charge is 2.20. The fraction of sp³-hybridized carbons (Fsp3) is 0.176. The number of benzene rings is 2. The molecule has 0 bridgehead atoms. The monoisotopic (exact) mass is 458 g/mol. The van der Waals surface area contributed by atoms with Crippen LogP contribution in [0.1, 0.15) is 15.9 Å². The van der Waals surface area contributed by atoms with E-state index in [0.29, 0.717) is 10.2 Å². The summed E-state index contributed by atoms with van der Waals surface area (Å²) in [5, 5.41) is 2.54. The van der Waals surface area contributed by atoms with E-state index in [1.165, 1.54) is 7.05 Å². The Morgan fingerprint density at radius 1 is 1.19 bits per heavy atom. The summed E-state index contributed by atoms with van der Waals surface area (Å²) in [7, 11) is -2.68. The van der Waals surface area contributed by atoms with E-state index < -0.39 is 39.9 Å². The summed E-state index contributed by atoms with van der Waals surface area (Å²) in [6.07, 6.45) is 0. The molecule has 0 saturated carbocycles. The number of anilines is 1. The van der Waals surface area contributed by atoms with E-state index in [4.69, 9.17) is 4.74 Å². The quantitative estimate of drug-likeness (QED) is 0.647. The first-order valence-corrected chi connectivity index (χ1v) is 9.88. The lowest BCUT2D eigenvalue weighted by atomic mass is 10.2. The van der Waals surface area contributed by atoms with Gasteiger partial charge in [-0.2, -0.15) is 0 Å². The van der Waals surface area contributed by atoms with Crippen LogP contribution in [0, 0.1) is 12.7 Å². The lowest BCUT2D eigenvalue weighted by Crippen LogP contribution is -2.22. The van der Waals surface area contributed by atoms with Gasteiger partial charge < -0.3 is 10.1 Å². The fourth-order valence-corrected chi connectivity index (χ4v) is 3.41. The molecule has 0 aliphatic rings. The molecule has 144 valence electrons. The topological polar surface area (TPSA) is 102 Å². The number of aryl methyl sites for hydroxylation is 1. The number of nitrogens with one attached hydrogen (secondary N) is 2. The van der Waals surface area contributed by atoms with Crippen LogP contribution in [0.15, 0.2) is 45.8 Å². The minimum atomic E-state index is -3.86. The third-order valence-electron chi connectivity index (χ3n) is 3.47. The fourth-order valence-electron chi connectivity index (χ4n) is 2.06. The molecule has 0 aliphatic carbocycles.